The number of benzene rings is 1. The van der Waals surface area contributed by atoms with Gasteiger partial charge in [0, 0.05) is 23.2 Å². The molecule has 1 aromatic rings. The minimum atomic E-state index is -2.57. The number of rotatable bonds is 4. The molecule has 0 bridgehead atoms. The molecule has 2 heterocycles. The number of nitrogens with zero attached hydrogens (tertiary/aromatic N) is 1. The molecule has 0 radical (unpaired) electrons. The lowest BCUT2D eigenvalue weighted by atomic mass is 9.85. The molecular formula is C21H29F2N3O2. The molecule has 2 saturated heterocycles. The van der Waals surface area contributed by atoms with E-state index in [2.05, 4.69) is 36.3 Å². The van der Waals surface area contributed by atoms with Crippen molar-refractivity contribution in [2.45, 2.75) is 70.4 Å². The van der Waals surface area contributed by atoms with Gasteiger partial charge in [0.25, 0.3) is 6.43 Å². The fourth-order valence-electron chi connectivity index (χ4n) is 4.12. The van der Waals surface area contributed by atoms with E-state index in [1.807, 2.05) is 0 Å². The van der Waals surface area contributed by atoms with E-state index in [4.69, 9.17) is 0 Å². The second-order valence-electron chi connectivity index (χ2n) is 8.72. The number of anilines is 1. The van der Waals surface area contributed by atoms with Crippen LogP contribution in [-0.2, 0) is 9.59 Å². The maximum atomic E-state index is 13.8. The van der Waals surface area contributed by atoms with Crippen molar-refractivity contribution in [1.82, 2.24) is 10.2 Å². The van der Waals surface area contributed by atoms with Gasteiger partial charge >= 0.3 is 0 Å². The van der Waals surface area contributed by atoms with Gasteiger partial charge in [0.2, 0.25) is 11.8 Å². The topological polar surface area (TPSA) is 61.4 Å². The summed E-state index contributed by atoms with van der Waals surface area (Å²) in [5.41, 5.74) is 1.32. The van der Waals surface area contributed by atoms with Gasteiger partial charge in [-0.3, -0.25) is 19.8 Å². The first-order valence-electron chi connectivity index (χ1n) is 9.92. The number of likely N-dealkylation sites (tertiary alicyclic amines) is 1. The standard InChI is InChI=1S/C21H29F2N3O2/c1-21(2,3)26-10-8-13(9-11-26)15-5-4-14(12-16(15)19(22)23)24-17-6-7-18(27)25-20(17)28/h4-5,12-13,17,19,24H,6-11H2,1-3H3,(H,25,27,28). The first kappa shape index (κ1) is 20.7. The number of halogens is 2. The summed E-state index contributed by atoms with van der Waals surface area (Å²) in [5.74, 6) is -0.589. The number of carbonyl (C=O) groups is 2. The smallest absolute Gasteiger partial charge is 0.264 e. The largest absolute Gasteiger partial charge is 0.374 e. The average molecular weight is 393 g/mol. The highest BCUT2D eigenvalue weighted by atomic mass is 19.3. The van der Waals surface area contributed by atoms with Gasteiger partial charge in [-0.15, -0.1) is 0 Å². The van der Waals surface area contributed by atoms with Crippen LogP contribution in [0.25, 0.3) is 0 Å². The predicted octanol–water partition coefficient (Wildman–Crippen LogP) is 3.82. The molecule has 2 aliphatic heterocycles. The second kappa shape index (κ2) is 8.15. The van der Waals surface area contributed by atoms with Crippen LogP contribution in [0.1, 0.15) is 69.9 Å². The maximum Gasteiger partial charge on any atom is 0.264 e. The molecule has 7 heteroatoms. The lowest BCUT2D eigenvalue weighted by molar-refractivity contribution is -0.133. The number of hydrogen-bond donors (Lipinski definition) is 2. The fourth-order valence-corrected chi connectivity index (χ4v) is 4.12. The summed E-state index contributed by atoms with van der Waals surface area (Å²) in [6.07, 6.45) is -0.246. The van der Waals surface area contributed by atoms with Crippen LogP contribution in [0.5, 0.6) is 0 Å². The Balaban J connectivity index is 1.73. The Morgan fingerprint density at radius 2 is 1.82 bits per heavy atom. The lowest BCUT2D eigenvalue weighted by Crippen LogP contribution is -2.47. The number of nitrogens with one attached hydrogen (secondary N) is 2. The molecule has 1 unspecified atom stereocenters. The van der Waals surface area contributed by atoms with Crippen molar-refractivity contribution in [3.63, 3.8) is 0 Å². The summed E-state index contributed by atoms with van der Waals surface area (Å²) in [6, 6.07) is 4.41. The lowest BCUT2D eigenvalue weighted by Gasteiger charge is -2.41. The van der Waals surface area contributed by atoms with E-state index in [1.54, 1.807) is 12.1 Å². The number of piperidine rings is 2. The van der Waals surface area contributed by atoms with E-state index in [0.717, 1.165) is 25.9 Å². The van der Waals surface area contributed by atoms with Crippen molar-refractivity contribution in [1.29, 1.82) is 0 Å². The minimum absolute atomic E-state index is 0.0338. The second-order valence-corrected chi connectivity index (χ2v) is 8.72. The van der Waals surface area contributed by atoms with Gasteiger partial charge < -0.3 is 5.32 Å². The third-order valence-corrected chi connectivity index (χ3v) is 5.79. The molecule has 0 spiro atoms. The molecule has 0 aliphatic carbocycles. The number of alkyl halides is 2. The van der Waals surface area contributed by atoms with E-state index in [1.165, 1.54) is 6.07 Å². The minimum Gasteiger partial charge on any atom is -0.374 e. The van der Waals surface area contributed by atoms with Crippen LogP contribution in [0.4, 0.5) is 14.5 Å². The molecule has 154 valence electrons. The average Bonchev–Trinajstić information content (AvgIpc) is 2.63. The van der Waals surface area contributed by atoms with E-state index in [9.17, 15) is 18.4 Å². The monoisotopic (exact) mass is 393 g/mol. The Morgan fingerprint density at radius 3 is 2.39 bits per heavy atom. The summed E-state index contributed by atoms with van der Waals surface area (Å²) in [6.45, 7) is 8.31. The number of carbonyl (C=O) groups excluding carboxylic acids is 2. The van der Waals surface area contributed by atoms with Gasteiger partial charge in [0.15, 0.2) is 0 Å². The molecule has 1 aromatic carbocycles. The molecular weight excluding hydrogens is 364 g/mol. The maximum absolute atomic E-state index is 13.8. The zero-order valence-electron chi connectivity index (χ0n) is 16.7. The normalized spacial score (nSPS) is 22.4. The zero-order chi connectivity index (χ0) is 20.5. The quantitative estimate of drug-likeness (QED) is 0.764. The van der Waals surface area contributed by atoms with Crippen molar-refractivity contribution in [3.05, 3.63) is 29.3 Å². The summed E-state index contributed by atoms with van der Waals surface area (Å²) >= 11 is 0. The molecule has 28 heavy (non-hydrogen) atoms. The fraction of sp³-hybridized carbons (Fsp3) is 0.619. The highest BCUT2D eigenvalue weighted by Gasteiger charge is 2.30. The van der Waals surface area contributed by atoms with Crippen LogP contribution in [-0.4, -0.2) is 41.4 Å². The Hall–Kier alpha value is -2.02. The van der Waals surface area contributed by atoms with Crippen molar-refractivity contribution >= 4 is 17.5 Å². The summed E-state index contributed by atoms with van der Waals surface area (Å²) in [4.78, 5) is 25.6. The predicted molar refractivity (Wildman–Crippen MR) is 104 cm³/mol. The van der Waals surface area contributed by atoms with Crippen molar-refractivity contribution < 1.29 is 18.4 Å². The summed E-state index contributed by atoms with van der Waals surface area (Å²) in [5, 5.41) is 5.27. The van der Waals surface area contributed by atoms with Crippen LogP contribution in [0.15, 0.2) is 18.2 Å². The summed E-state index contributed by atoms with van der Waals surface area (Å²) in [7, 11) is 0. The van der Waals surface area contributed by atoms with Gasteiger partial charge in [-0.25, -0.2) is 8.78 Å². The van der Waals surface area contributed by atoms with Crippen molar-refractivity contribution in [2.75, 3.05) is 18.4 Å². The molecule has 1 atom stereocenters. The van der Waals surface area contributed by atoms with Crippen LogP contribution in [0.3, 0.4) is 0 Å². The van der Waals surface area contributed by atoms with Crippen LogP contribution < -0.4 is 10.6 Å². The van der Waals surface area contributed by atoms with Crippen molar-refractivity contribution in [3.8, 4) is 0 Å². The highest BCUT2D eigenvalue weighted by Crippen LogP contribution is 2.37. The Kier molecular flexibility index (Phi) is 6.03. The highest BCUT2D eigenvalue weighted by molar-refractivity contribution is 6.01. The van der Waals surface area contributed by atoms with Crippen molar-refractivity contribution in [2.24, 2.45) is 0 Å². The third-order valence-electron chi connectivity index (χ3n) is 5.79. The first-order chi connectivity index (χ1) is 13.1. The molecule has 2 fully saturated rings. The van der Waals surface area contributed by atoms with Gasteiger partial charge in [-0.2, -0.15) is 0 Å². The van der Waals surface area contributed by atoms with Crippen LogP contribution in [0.2, 0.25) is 0 Å². The van der Waals surface area contributed by atoms with E-state index in [-0.39, 0.29) is 29.3 Å². The summed E-state index contributed by atoms with van der Waals surface area (Å²) < 4.78 is 27.5. The Morgan fingerprint density at radius 1 is 1.14 bits per heavy atom. The molecule has 0 aromatic heterocycles. The van der Waals surface area contributed by atoms with Crippen LogP contribution in [0, 0.1) is 0 Å². The number of amides is 2. The van der Waals surface area contributed by atoms with Gasteiger partial charge in [-0.1, -0.05) is 6.07 Å². The molecule has 2 aliphatic rings. The Labute approximate surface area is 164 Å². The molecule has 5 nitrogen and oxygen atoms in total. The molecule has 2 amide bonds. The number of imide groups is 1. The SMILES string of the molecule is CC(C)(C)N1CCC(c2ccc(NC3CCC(=O)NC3=O)cc2C(F)F)CC1. The number of hydrogen-bond acceptors (Lipinski definition) is 4. The van der Waals surface area contributed by atoms with Gasteiger partial charge in [0.05, 0.1) is 0 Å². The van der Waals surface area contributed by atoms with Gasteiger partial charge in [0.1, 0.15) is 6.04 Å². The van der Waals surface area contributed by atoms with Gasteiger partial charge in [-0.05, 0) is 76.7 Å². The Bertz CT molecular complexity index is 738. The zero-order valence-corrected chi connectivity index (χ0v) is 16.7. The third kappa shape index (κ3) is 4.69. The molecule has 0 saturated carbocycles. The van der Waals surface area contributed by atoms with E-state index < -0.39 is 18.4 Å². The van der Waals surface area contributed by atoms with Crippen LogP contribution >= 0.6 is 0 Å². The molecule has 3 rings (SSSR count). The molecule has 2 N–H and O–H groups in total. The first-order valence-corrected chi connectivity index (χ1v) is 9.92. The van der Waals surface area contributed by atoms with E-state index in [0.29, 0.717) is 17.7 Å². The van der Waals surface area contributed by atoms with E-state index >= 15 is 0 Å².